The SMILES string of the molecule is CCOP(=O)(OCC)C(c1ccc(F)cc1)N(C(=O)Nc1ccccc1)c1ccc(OC)cc1. The second-order valence-electron chi connectivity index (χ2n) is 7.16. The molecule has 3 rings (SSSR count). The van der Waals surface area contributed by atoms with Crippen LogP contribution in [0.3, 0.4) is 0 Å². The minimum absolute atomic E-state index is 0.0890. The fourth-order valence-corrected chi connectivity index (χ4v) is 5.60. The third kappa shape index (κ3) is 6.03. The highest BCUT2D eigenvalue weighted by atomic mass is 31.2. The van der Waals surface area contributed by atoms with Crippen LogP contribution in [0.2, 0.25) is 0 Å². The number of urea groups is 1. The standard InChI is InChI=1S/C25H28FN2O5P/c1-4-32-34(30,33-5-2)24(19-11-13-20(26)14-12-19)28(22-15-17-23(31-3)18-16-22)25(29)27-21-9-7-6-8-10-21/h6-18,24H,4-5H2,1-3H3,(H,27,29). The second-order valence-corrected chi connectivity index (χ2v) is 9.25. The van der Waals surface area contributed by atoms with Gasteiger partial charge in [-0.1, -0.05) is 30.3 Å². The molecule has 0 fully saturated rings. The van der Waals surface area contributed by atoms with E-state index < -0.39 is 25.2 Å². The quantitative estimate of drug-likeness (QED) is 0.318. The molecular weight excluding hydrogens is 458 g/mol. The average Bonchev–Trinajstić information content (AvgIpc) is 2.84. The van der Waals surface area contributed by atoms with Gasteiger partial charge in [0.15, 0.2) is 5.78 Å². The first kappa shape index (κ1) is 25.4. The minimum atomic E-state index is -3.95. The van der Waals surface area contributed by atoms with Crippen LogP contribution in [0.25, 0.3) is 0 Å². The Kier molecular flexibility index (Phi) is 8.82. The molecule has 0 aliphatic heterocycles. The maximum absolute atomic E-state index is 14.1. The molecule has 7 nitrogen and oxygen atoms in total. The summed E-state index contributed by atoms with van der Waals surface area (Å²) in [6.07, 6.45) is 0. The second kappa shape index (κ2) is 11.8. The van der Waals surface area contributed by atoms with Crippen molar-refractivity contribution in [1.82, 2.24) is 0 Å². The van der Waals surface area contributed by atoms with Gasteiger partial charge >= 0.3 is 13.6 Å². The maximum atomic E-state index is 14.1. The Labute approximate surface area is 199 Å². The fourth-order valence-electron chi connectivity index (χ4n) is 3.46. The summed E-state index contributed by atoms with van der Waals surface area (Å²) in [7, 11) is -2.42. The summed E-state index contributed by atoms with van der Waals surface area (Å²) in [5, 5.41) is 2.84. The first-order valence-corrected chi connectivity index (χ1v) is 12.5. The molecule has 1 unspecified atom stereocenters. The molecule has 0 aliphatic rings. The van der Waals surface area contributed by atoms with Crippen molar-refractivity contribution in [2.75, 3.05) is 30.5 Å². The molecule has 0 saturated carbocycles. The average molecular weight is 486 g/mol. The summed E-state index contributed by atoms with van der Waals surface area (Å²) in [6.45, 7) is 3.56. The number of benzene rings is 3. The zero-order valence-corrected chi connectivity index (χ0v) is 20.2. The van der Waals surface area contributed by atoms with E-state index in [0.717, 1.165) is 0 Å². The molecule has 2 amide bonds. The van der Waals surface area contributed by atoms with Gasteiger partial charge in [0.05, 0.1) is 20.3 Å². The van der Waals surface area contributed by atoms with Crippen molar-refractivity contribution in [2.24, 2.45) is 0 Å². The van der Waals surface area contributed by atoms with Gasteiger partial charge in [-0.05, 0) is 67.9 Å². The number of anilines is 2. The van der Waals surface area contributed by atoms with Gasteiger partial charge in [0, 0.05) is 11.4 Å². The van der Waals surface area contributed by atoms with Crippen LogP contribution in [0, 0.1) is 5.82 Å². The van der Waals surface area contributed by atoms with Gasteiger partial charge in [-0.2, -0.15) is 0 Å². The molecule has 1 atom stereocenters. The van der Waals surface area contributed by atoms with Crippen molar-refractivity contribution in [1.29, 1.82) is 0 Å². The Morgan fingerprint density at radius 3 is 2.06 bits per heavy atom. The number of halogens is 1. The third-order valence-electron chi connectivity index (χ3n) is 4.92. The van der Waals surface area contributed by atoms with E-state index in [4.69, 9.17) is 13.8 Å². The Bertz CT molecular complexity index is 1100. The predicted molar refractivity (Wildman–Crippen MR) is 131 cm³/mol. The number of hydrogen-bond donors (Lipinski definition) is 1. The lowest BCUT2D eigenvalue weighted by Crippen LogP contribution is -2.39. The van der Waals surface area contributed by atoms with Gasteiger partial charge < -0.3 is 19.1 Å². The van der Waals surface area contributed by atoms with Crippen molar-refractivity contribution in [3.8, 4) is 5.75 Å². The molecule has 1 N–H and O–H groups in total. The molecule has 3 aromatic rings. The van der Waals surface area contributed by atoms with Gasteiger partial charge in [-0.15, -0.1) is 0 Å². The van der Waals surface area contributed by atoms with Crippen LogP contribution >= 0.6 is 7.60 Å². The number of carbonyl (C=O) groups is 1. The molecular formula is C25H28FN2O5P. The van der Waals surface area contributed by atoms with Gasteiger partial charge in [-0.25, -0.2) is 9.18 Å². The van der Waals surface area contributed by atoms with Gasteiger partial charge in [0.25, 0.3) is 0 Å². The molecule has 180 valence electrons. The Hall–Kier alpha value is -3.19. The number of amides is 2. The van der Waals surface area contributed by atoms with Crippen molar-refractivity contribution in [2.45, 2.75) is 19.6 Å². The highest BCUT2D eigenvalue weighted by Gasteiger charge is 2.44. The topological polar surface area (TPSA) is 77.1 Å². The van der Waals surface area contributed by atoms with Crippen LogP contribution in [-0.2, 0) is 13.6 Å². The zero-order valence-electron chi connectivity index (χ0n) is 19.3. The smallest absolute Gasteiger partial charge is 0.357 e. The first-order valence-electron chi connectivity index (χ1n) is 10.9. The van der Waals surface area contributed by atoms with Crippen LogP contribution < -0.4 is 15.0 Å². The molecule has 0 radical (unpaired) electrons. The third-order valence-corrected chi connectivity index (χ3v) is 7.29. The Morgan fingerprint density at radius 1 is 0.941 bits per heavy atom. The summed E-state index contributed by atoms with van der Waals surface area (Å²) >= 11 is 0. The van der Waals surface area contributed by atoms with Crippen LogP contribution in [-0.4, -0.2) is 26.4 Å². The van der Waals surface area contributed by atoms with Crippen molar-refractivity contribution < 1.29 is 27.5 Å². The monoisotopic (exact) mass is 486 g/mol. The van der Waals surface area contributed by atoms with E-state index in [0.29, 0.717) is 22.7 Å². The maximum Gasteiger partial charge on any atom is 0.357 e. The van der Waals surface area contributed by atoms with E-state index in [-0.39, 0.29) is 13.2 Å². The van der Waals surface area contributed by atoms with E-state index in [9.17, 15) is 13.8 Å². The fraction of sp³-hybridized carbons (Fsp3) is 0.240. The molecule has 0 saturated heterocycles. The molecule has 0 bridgehead atoms. The van der Waals surface area contributed by atoms with Crippen molar-refractivity contribution >= 4 is 25.0 Å². The van der Waals surface area contributed by atoms with Crippen LogP contribution in [0.15, 0.2) is 78.9 Å². The van der Waals surface area contributed by atoms with Gasteiger partial charge in [-0.3, -0.25) is 9.46 Å². The zero-order chi connectivity index (χ0) is 24.6. The molecule has 0 aliphatic carbocycles. The number of carbonyl (C=O) groups excluding carboxylic acids is 1. The molecule has 9 heteroatoms. The van der Waals surface area contributed by atoms with Gasteiger partial charge in [0.2, 0.25) is 0 Å². The molecule has 3 aromatic carbocycles. The largest absolute Gasteiger partial charge is 0.497 e. The van der Waals surface area contributed by atoms with Crippen molar-refractivity contribution in [3.05, 3.63) is 90.2 Å². The number of rotatable bonds is 10. The summed E-state index contributed by atoms with van der Waals surface area (Å²) in [4.78, 5) is 15.0. The van der Waals surface area contributed by atoms with E-state index in [1.165, 1.54) is 36.3 Å². The van der Waals surface area contributed by atoms with Crippen LogP contribution in [0.4, 0.5) is 20.6 Å². The first-order chi connectivity index (χ1) is 16.4. The lowest BCUT2D eigenvalue weighted by atomic mass is 10.2. The Morgan fingerprint density at radius 2 is 1.53 bits per heavy atom. The number of methoxy groups -OCH3 is 1. The van der Waals surface area contributed by atoms with Crippen molar-refractivity contribution in [3.63, 3.8) is 0 Å². The summed E-state index contributed by atoms with van der Waals surface area (Å²) in [5.41, 5.74) is 1.36. The lowest BCUT2D eigenvalue weighted by Gasteiger charge is -2.36. The molecule has 0 heterocycles. The summed E-state index contributed by atoms with van der Waals surface area (Å²) < 4.78 is 44.4. The highest BCUT2D eigenvalue weighted by molar-refractivity contribution is 7.54. The lowest BCUT2D eigenvalue weighted by molar-refractivity contribution is 0.209. The summed E-state index contributed by atoms with van der Waals surface area (Å²) in [5.74, 6) is -1.07. The number of nitrogens with one attached hydrogen (secondary N) is 1. The predicted octanol–water partition coefficient (Wildman–Crippen LogP) is 6.84. The molecule has 0 aromatic heterocycles. The van der Waals surface area contributed by atoms with Crippen LogP contribution in [0.5, 0.6) is 5.75 Å². The number of nitrogens with zero attached hydrogens (tertiary/aromatic N) is 1. The normalized spacial score (nSPS) is 12.1. The summed E-state index contributed by atoms with van der Waals surface area (Å²) in [6, 6.07) is 20.4. The van der Waals surface area contributed by atoms with E-state index in [1.807, 2.05) is 6.07 Å². The van der Waals surface area contributed by atoms with Gasteiger partial charge in [0.1, 0.15) is 11.6 Å². The number of hydrogen-bond acceptors (Lipinski definition) is 5. The minimum Gasteiger partial charge on any atom is -0.497 e. The number of ether oxygens (including phenoxy) is 1. The van der Waals surface area contributed by atoms with E-state index >= 15 is 0 Å². The van der Waals surface area contributed by atoms with Crippen LogP contribution in [0.1, 0.15) is 25.2 Å². The Balaban J connectivity index is 2.19. The van der Waals surface area contributed by atoms with E-state index in [1.54, 1.807) is 62.4 Å². The number of para-hydroxylation sites is 1. The van der Waals surface area contributed by atoms with E-state index in [2.05, 4.69) is 5.32 Å². The molecule has 0 spiro atoms. The highest BCUT2D eigenvalue weighted by Crippen LogP contribution is 2.63. The molecule has 34 heavy (non-hydrogen) atoms.